The van der Waals surface area contributed by atoms with Gasteiger partial charge in [0.1, 0.15) is 11.9 Å². The largest absolute Gasteiger partial charge is 0.344 e. The van der Waals surface area contributed by atoms with Gasteiger partial charge in [0.15, 0.2) is 5.82 Å². The maximum atomic E-state index is 12.5. The fraction of sp³-hybridized carbons (Fsp3) is 0.500. The lowest BCUT2D eigenvalue weighted by Crippen LogP contribution is -2.46. The quantitative estimate of drug-likeness (QED) is 0.848. The van der Waals surface area contributed by atoms with Gasteiger partial charge in [-0.25, -0.2) is 0 Å². The zero-order valence-electron chi connectivity index (χ0n) is 16.2. The first kappa shape index (κ1) is 19.1. The molecule has 0 aliphatic carbocycles. The lowest BCUT2D eigenvalue weighted by atomic mass is 10.0. The van der Waals surface area contributed by atoms with Gasteiger partial charge >= 0.3 is 0 Å². The van der Waals surface area contributed by atoms with Crippen LogP contribution in [0.2, 0.25) is 0 Å². The molecule has 2 N–H and O–H groups in total. The Morgan fingerprint density at radius 3 is 2.48 bits per heavy atom. The van der Waals surface area contributed by atoms with E-state index in [0.29, 0.717) is 5.69 Å². The number of aromatic nitrogens is 3. The molecule has 2 amide bonds. The molecule has 0 unspecified atom stereocenters. The number of carbonyl (C=O) groups is 2. The lowest BCUT2D eigenvalue weighted by Gasteiger charge is -2.21. The van der Waals surface area contributed by atoms with Gasteiger partial charge in [-0.1, -0.05) is 20.3 Å². The van der Waals surface area contributed by atoms with Crippen molar-refractivity contribution in [2.45, 2.75) is 59.0 Å². The summed E-state index contributed by atoms with van der Waals surface area (Å²) in [6.45, 7) is 6.17. The van der Waals surface area contributed by atoms with Gasteiger partial charge in [0.05, 0.1) is 0 Å². The summed E-state index contributed by atoms with van der Waals surface area (Å²) in [4.78, 5) is 23.8. The minimum Gasteiger partial charge on any atom is -0.344 e. The molecule has 27 heavy (non-hydrogen) atoms. The average molecular weight is 369 g/mol. The minimum absolute atomic E-state index is 0.000348. The van der Waals surface area contributed by atoms with Crippen LogP contribution < -0.4 is 10.6 Å². The molecule has 2 aromatic rings. The highest BCUT2D eigenvalue weighted by atomic mass is 16.2. The summed E-state index contributed by atoms with van der Waals surface area (Å²) in [6.07, 6.45) is 4.50. The molecule has 0 saturated carbocycles. The number of aryl methyl sites for hydroxylation is 1. The number of nitrogens with zero attached hydrogens (tertiary/aromatic N) is 3. The number of nitrogens with one attached hydrogen (secondary N) is 2. The molecule has 0 radical (unpaired) electrons. The summed E-state index contributed by atoms with van der Waals surface area (Å²) in [7, 11) is 0. The SMILES string of the molecule is CC(=O)N[C@H](C(=O)Nc1ccc(-c2nnc3n2CCCCC3)cc1)C(C)C. The first-order valence-corrected chi connectivity index (χ1v) is 9.56. The molecule has 3 rings (SSSR count). The molecule has 0 bridgehead atoms. The van der Waals surface area contributed by atoms with E-state index in [-0.39, 0.29) is 17.7 Å². The fourth-order valence-electron chi connectivity index (χ4n) is 3.38. The number of rotatable bonds is 5. The molecule has 1 atom stereocenters. The van der Waals surface area contributed by atoms with Gasteiger partial charge in [-0.3, -0.25) is 9.59 Å². The van der Waals surface area contributed by atoms with Crippen LogP contribution in [0.3, 0.4) is 0 Å². The minimum atomic E-state index is -0.561. The third-order valence-corrected chi connectivity index (χ3v) is 4.83. The number of benzene rings is 1. The highest BCUT2D eigenvalue weighted by molar-refractivity contribution is 5.97. The smallest absolute Gasteiger partial charge is 0.247 e. The van der Waals surface area contributed by atoms with Crippen LogP contribution in [0.5, 0.6) is 0 Å². The summed E-state index contributed by atoms with van der Waals surface area (Å²) in [5, 5.41) is 14.3. The molecule has 1 aliphatic rings. The molecule has 0 fully saturated rings. The highest BCUT2D eigenvalue weighted by Gasteiger charge is 2.23. The lowest BCUT2D eigenvalue weighted by molar-refractivity contribution is -0.126. The normalized spacial score (nSPS) is 15.0. The molecule has 0 saturated heterocycles. The van der Waals surface area contributed by atoms with Crippen molar-refractivity contribution in [1.29, 1.82) is 0 Å². The molecular formula is C20H27N5O2. The maximum Gasteiger partial charge on any atom is 0.247 e. The first-order chi connectivity index (χ1) is 13.0. The fourth-order valence-corrected chi connectivity index (χ4v) is 3.38. The average Bonchev–Trinajstić information content (AvgIpc) is 2.88. The van der Waals surface area contributed by atoms with Crippen molar-refractivity contribution in [2.75, 3.05) is 5.32 Å². The number of fused-ring (bicyclic) bond motifs is 1. The van der Waals surface area contributed by atoms with Crippen molar-refractivity contribution in [1.82, 2.24) is 20.1 Å². The van der Waals surface area contributed by atoms with Crippen LogP contribution in [-0.4, -0.2) is 32.6 Å². The zero-order valence-corrected chi connectivity index (χ0v) is 16.2. The van der Waals surface area contributed by atoms with Crippen LogP contribution in [0.15, 0.2) is 24.3 Å². The maximum absolute atomic E-state index is 12.5. The molecular weight excluding hydrogens is 342 g/mol. The number of amides is 2. The van der Waals surface area contributed by atoms with Crippen molar-refractivity contribution >= 4 is 17.5 Å². The zero-order chi connectivity index (χ0) is 19.4. The summed E-state index contributed by atoms with van der Waals surface area (Å²) in [6, 6.07) is 7.05. The predicted octanol–water partition coefficient (Wildman–Crippen LogP) is 2.77. The number of hydrogen-bond acceptors (Lipinski definition) is 4. The van der Waals surface area contributed by atoms with Crippen LogP contribution in [0.25, 0.3) is 11.4 Å². The second-order valence-electron chi connectivity index (χ2n) is 7.39. The second kappa shape index (κ2) is 8.33. The van der Waals surface area contributed by atoms with Gasteiger partial charge in [0.2, 0.25) is 11.8 Å². The van der Waals surface area contributed by atoms with Crippen molar-refractivity contribution in [3.63, 3.8) is 0 Å². The third-order valence-electron chi connectivity index (χ3n) is 4.83. The Kier molecular flexibility index (Phi) is 5.88. The topological polar surface area (TPSA) is 88.9 Å². The predicted molar refractivity (Wildman–Crippen MR) is 104 cm³/mol. The van der Waals surface area contributed by atoms with E-state index in [1.807, 2.05) is 38.1 Å². The monoisotopic (exact) mass is 369 g/mol. The summed E-state index contributed by atoms with van der Waals surface area (Å²) < 4.78 is 2.20. The van der Waals surface area contributed by atoms with E-state index in [9.17, 15) is 9.59 Å². The summed E-state index contributed by atoms with van der Waals surface area (Å²) in [5.41, 5.74) is 1.67. The molecule has 7 nitrogen and oxygen atoms in total. The molecule has 1 aromatic carbocycles. The molecule has 0 spiro atoms. The van der Waals surface area contributed by atoms with E-state index in [0.717, 1.165) is 43.0 Å². The first-order valence-electron chi connectivity index (χ1n) is 9.56. The standard InChI is InChI=1S/C20H27N5O2/c1-13(2)18(21-14(3)26)20(27)22-16-10-8-15(9-11-16)19-24-23-17-7-5-4-6-12-25(17)19/h8-11,13,18H,4-7,12H2,1-3H3,(H,21,26)(H,22,27)/t18-/m0/s1. The van der Waals surface area contributed by atoms with E-state index < -0.39 is 6.04 Å². The van der Waals surface area contributed by atoms with E-state index in [2.05, 4.69) is 25.4 Å². The third kappa shape index (κ3) is 4.53. The van der Waals surface area contributed by atoms with Crippen LogP contribution in [0.1, 0.15) is 45.9 Å². The van der Waals surface area contributed by atoms with Crippen LogP contribution in [0, 0.1) is 5.92 Å². The summed E-state index contributed by atoms with van der Waals surface area (Å²) in [5.74, 6) is 1.49. The van der Waals surface area contributed by atoms with Crippen molar-refractivity contribution < 1.29 is 9.59 Å². The number of carbonyl (C=O) groups excluding carboxylic acids is 2. The number of hydrogen-bond donors (Lipinski definition) is 2. The van der Waals surface area contributed by atoms with Crippen molar-refractivity contribution in [3.05, 3.63) is 30.1 Å². The molecule has 1 aliphatic heterocycles. The Labute approximate surface area is 159 Å². The van der Waals surface area contributed by atoms with Gasteiger partial charge in [0.25, 0.3) is 0 Å². The Morgan fingerprint density at radius 1 is 1.07 bits per heavy atom. The van der Waals surface area contributed by atoms with Crippen LogP contribution in [0.4, 0.5) is 5.69 Å². The van der Waals surface area contributed by atoms with Gasteiger partial charge < -0.3 is 15.2 Å². The van der Waals surface area contributed by atoms with E-state index in [4.69, 9.17) is 0 Å². The van der Waals surface area contributed by atoms with Gasteiger partial charge in [-0.05, 0) is 43.0 Å². The molecule has 144 valence electrons. The highest BCUT2D eigenvalue weighted by Crippen LogP contribution is 2.24. The van der Waals surface area contributed by atoms with Gasteiger partial charge in [0, 0.05) is 31.1 Å². The van der Waals surface area contributed by atoms with Gasteiger partial charge in [-0.2, -0.15) is 0 Å². The van der Waals surface area contributed by atoms with Crippen molar-refractivity contribution in [2.24, 2.45) is 5.92 Å². The van der Waals surface area contributed by atoms with Crippen LogP contribution >= 0.6 is 0 Å². The van der Waals surface area contributed by atoms with E-state index in [1.54, 1.807) is 0 Å². The summed E-state index contributed by atoms with van der Waals surface area (Å²) >= 11 is 0. The number of anilines is 1. The molecule has 2 heterocycles. The van der Waals surface area contributed by atoms with Gasteiger partial charge in [-0.15, -0.1) is 10.2 Å². The Morgan fingerprint density at radius 2 is 1.81 bits per heavy atom. The molecule has 1 aromatic heterocycles. The Balaban J connectivity index is 1.73. The Hall–Kier alpha value is -2.70. The molecule has 7 heteroatoms. The van der Waals surface area contributed by atoms with E-state index >= 15 is 0 Å². The Bertz CT molecular complexity index is 810. The van der Waals surface area contributed by atoms with Crippen LogP contribution in [-0.2, 0) is 22.6 Å². The second-order valence-corrected chi connectivity index (χ2v) is 7.39. The van der Waals surface area contributed by atoms with Crippen molar-refractivity contribution in [3.8, 4) is 11.4 Å². The van der Waals surface area contributed by atoms with E-state index in [1.165, 1.54) is 13.3 Å².